The molecule has 1 aromatic carbocycles. The molecule has 0 bridgehead atoms. The van der Waals surface area contributed by atoms with Crippen molar-refractivity contribution in [3.63, 3.8) is 0 Å². The minimum atomic E-state index is -0.620. The number of urea groups is 1. The first-order valence-electron chi connectivity index (χ1n) is 7.55. The second-order valence-electron chi connectivity index (χ2n) is 5.88. The van der Waals surface area contributed by atoms with Crippen molar-refractivity contribution in [2.75, 3.05) is 13.1 Å². The molecular formula is C16H22BrN3O2. The lowest BCUT2D eigenvalue weighted by Crippen LogP contribution is -2.41. The number of hydrogen-bond donors (Lipinski definition) is 2. The highest BCUT2D eigenvalue weighted by atomic mass is 79.9. The number of nitrogens with zero attached hydrogens (tertiary/aromatic N) is 1. The van der Waals surface area contributed by atoms with Crippen LogP contribution in [0.25, 0.3) is 0 Å². The van der Waals surface area contributed by atoms with Gasteiger partial charge in [0.05, 0.1) is 12.5 Å². The number of amides is 3. The molecule has 1 aromatic rings. The number of primary amides is 1. The Kier molecular flexibility index (Phi) is 5.83. The van der Waals surface area contributed by atoms with Crippen LogP contribution in [0.3, 0.4) is 0 Å². The van der Waals surface area contributed by atoms with Crippen LogP contribution in [0.1, 0.15) is 37.8 Å². The van der Waals surface area contributed by atoms with Gasteiger partial charge in [0.1, 0.15) is 0 Å². The zero-order chi connectivity index (χ0) is 16.1. The van der Waals surface area contributed by atoms with Gasteiger partial charge in [0.2, 0.25) is 5.91 Å². The van der Waals surface area contributed by atoms with E-state index in [-0.39, 0.29) is 12.3 Å². The van der Waals surface area contributed by atoms with Crippen LogP contribution in [-0.2, 0) is 4.79 Å². The zero-order valence-corrected chi connectivity index (χ0v) is 14.3. The summed E-state index contributed by atoms with van der Waals surface area (Å²) in [5, 5.41) is 2.67. The van der Waals surface area contributed by atoms with Crippen molar-refractivity contribution in [2.24, 2.45) is 11.7 Å². The van der Waals surface area contributed by atoms with Crippen LogP contribution in [0.2, 0.25) is 0 Å². The average Bonchev–Trinajstić information content (AvgIpc) is 2.46. The third-order valence-corrected chi connectivity index (χ3v) is 4.58. The molecule has 0 aliphatic carbocycles. The fourth-order valence-corrected chi connectivity index (χ4v) is 3.13. The van der Waals surface area contributed by atoms with Crippen molar-refractivity contribution >= 4 is 27.9 Å². The van der Waals surface area contributed by atoms with Crippen LogP contribution in [0, 0.1) is 5.92 Å². The summed E-state index contributed by atoms with van der Waals surface area (Å²) in [5.41, 5.74) is 6.12. The van der Waals surface area contributed by atoms with Gasteiger partial charge in [-0.05, 0) is 36.5 Å². The summed E-state index contributed by atoms with van der Waals surface area (Å²) in [7, 11) is 0. The van der Waals surface area contributed by atoms with E-state index in [4.69, 9.17) is 5.73 Å². The Bertz CT molecular complexity index is 542. The molecule has 0 spiro atoms. The first kappa shape index (κ1) is 16.8. The number of hydrogen-bond acceptors (Lipinski definition) is 2. The van der Waals surface area contributed by atoms with Crippen LogP contribution in [0.5, 0.6) is 0 Å². The van der Waals surface area contributed by atoms with Gasteiger partial charge in [-0.2, -0.15) is 0 Å². The molecule has 1 saturated heterocycles. The van der Waals surface area contributed by atoms with Crippen molar-refractivity contribution in [3.05, 3.63) is 34.3 Å². The maximum atomic E-state index is 12.5. The van der Waals surface area contributed by atoms with Crippen molar-refractivity contribution in [2.45, 2.75) is 32.2 Å². The van der Waals surface area contributed by atoms with Gasteiger partial charge in [-0.3, -0.25) is 4.79 Å². The molecule has 0 unspecified atom stereocenters. The molecule has 0 radical (unpaired) electrons. The van der Waals surface area contributed by atoms with Gasteiger partial charge in [-0.25, -0.2) is 4.79 Å². The molecular weight excluding hydrogens is 346 g/mol. The Hall–Kier alpha value is -1.56. The second kappa shape index (κ2) is 7.63. The normalized spacial score (nSPS) is 17.1. The van der Waals surface area contributed by atoms with E-state index in [2.05, 4.69) is 28.2 Å². The molecule has 3 amide bonds. The highest BCUT2D eigenvalue weighted by Gasteiger charge is 2.24. The van der Waals surface area contributed by atoms with E-state index in [9.17, 15) is 9.59 Å². The first-order valence-corrected chi connectivity index (χ1v) is 8.34. The fraction of sp³-hybridized carbons (Fsp3) is 0.500. The standard InChI is InChI=1S/C16H22BrN3O2/c1-11-5-7-20(8-6-11)15(21)10-14(19-16(18)22)12-3-2-4-13(17)9-12/h2-4,9,11,14H,5-8,10H2,1H3,(H3,18,19,22)/t14-/m1/s1. The summed E-state index contributed by atoms with van der Waals surface area (Å²) >= 11 is 3.41. The van der Waals surface area contributed by atoms with Crippen LogP contribution in [0.15, 0.2) is 28.7 Å². The van der Waals surface area contributed by atoms with Crippen molar-refractivity contribution in [1.82, 2.24) is 10.2 Å². The summed E-state index contributed by atoms with van der Waals surface area (Å²) in [6.07, 6.45) is 2.31. The molecule has 1 aliphatic heterocycles. The lowest BCUT2D eigenvalue weighted by molar-refractivity contribution is -0.133. The van der Waals surface area contributed by atoms with E-state index < -0.39 is 12.1 Å². The van der Waals surface area contributed by atoms with Crippen molar-refractivity contribution in [3.8, 4) is 0 Å². The Morgan fingerprint density at radius 2 is 2.09 bits per heavy atom. The molecule has 1 aliphatic rings. The number of carbonyl (C=O) groups is 2. The SMILES string of the molecule is CC1CCN(C(=O)C[C@@H](NC(N)=O)c2cccc(Br)c2)CC1. The number of piperidine rings is 1. The quantitative estimate of drug-likeness (QED) is 0.858. The molecule has 6 heteroatoms. The van der Waals surface area contributed by atoms with Gasteiger partial charge in [0.25, 0.3) is 0 Å². The maximum Gasteiger partial charge on any atom is 0.312 e. The molecule has 5 nitrogen and oxygen atoms in total. The first-order chi connectivity index (χ1) is 10.5. The molecule has 0 saturated carbocycles. The Balaban J connectivity index is 2.06. The average molecular weight is 368 g/mol. The molecule has 120 valence electrons. The van der Waals surface area contributed by atoms with E-state index in [0.717, 1.165) is 36.0 Å². The number of rotatable bonds is 4. The Morgan fingerprint density at radius 3 is 2.68 bits per heavy atom. The third kappa shape index (κ3) is 4.73. The minimum absolute atomic E-state index is 0.0608. The van der Waals surface area contributed by atoms with Gasteiger partial charge < -0.3 is 16.0 Å². The number of nitrogens with two attached hydrogens (primary N) is 1. The molecule has 2 rings (SSSR count). The highest BCUT2D eigenvalue weighted by Crippen LogP contribution is 2.23. The van der Waals surface area contributed by atoms with Crippen LogP contribution < -0.4 is 11.1 Å². The van der Waals surface area contributed by atoms with E-state index in [1.165, 1.54) is 0 Å². The van der Waals surface area contributed by atoms with E-state index in [1.54, 1.807) is 0 Å². The molecule has 1 fully saturated rings. The number of carbonyl (C=O) groups excluding carboxylic acids is 2. The lowest BCUT2D eigenvalue weighted by Gasteiger charge is -2.31. The largest absolute Gasteiger partial charge is 0.352 e. The molecule has 1 heterocycles. The summed E-state index contributed by atoms with van der Waals surface area (Å²) in [6.45, 7) is 3.80. The van der Waals surface area contributed by atoms with Crippen molar-refractivity contribution < 1.29 is 9.59 Å². The number of benzene rings is 1. The Labute approximate surface area is 139 Å². The van der Waals surface area contributed by atoms with Gasteiger partial charge in [-0.1, -0.05) is 35.0 Å². The Morgan fingerprint density at radius 1 is 1.41 bits per heavy atom. The fourth-order valence-electron chi connectivity index (χ4n) is 2.71. The molecule has 0 aromatic heterocycles. The van der Waals surface area contributed by atoms with E-state index in [0.29, 0.717) is 5.92 Å². The predicted molar refractivity (Wildman–Crippen MR) is 89.2 cm³/mol. The zero-order valence-electron chi connectivity index (χ0n) is 12.7. The smallest absolute Gasteiger partial charge is 0.312 e. The van der Waals surface area contributed by atoms with Gasteiger partial charge in [0, 0.05) is 17.6 Å². The van der Waals surface area contributed by atoms with Gasteiger partial charge >= 0.3 is 6.03 Å². The summed E-state index contributed by atoms with van der Waals surface area (Å²) < 4.78 is 0.903. The summed E-state index contributed by atoms with van der Waals surface area (Å²) in [4.78, 5) is 25.6. The summed E-state index contributed by atoms with van der Waals surface area (Å²) in [5.74, 6) is 0.735. The van der Waals surface area contributed by atoms with Gasteiger partial charge in [-0.15, -0.1) is 0 Å². The second-order valence-corrected chi connectivity index (χ2v) is 6.80. The maximum absolute atomic E-state index is 12.5. The van der Waals surface area contributed by atoms with Crippen LogP contribution >= 0.6 is 15.9 Å². The van der Waals surface area contributed by atoms with Crippen LogP contribution in [0.4, 0.5) is 4.79 Å². The molecule has 1 atom stereocenters. The topological polar surface area (TPSA) is 75.4 Å². The van der Waals surface area contributed by atoms with E-state index in [1.807, 2.05) is 29.2 Å². The summed E-state index contributed by atoms with van der Waals surface area (Å²) in [6, 6.07) is 6.54. The van der Waals surface area contributed by atoms with Crippen LogP contribution in [-0.4, -0.2) is 29.9 Å². The van der Waals surface area contributed by atoms with Gasteiger partial charge in [0.15, 0.2) is 0 Å². The number of nitrogens with one attached hydrogen (secondary N) is 1. The number of halogens is 1. The van der Waals surface area contributed by atoms with Crippen molar-refractivity contribution in [1.29, 1.82) is 0 Å². The molecule has 22 heavy (non-hydrogen) atoms. The highest BCUT2D eigenvalue weighted by molar-refractivity contribution is 9.10. The predicted octanol–water partition coefficient (Wildman–Crippen LogP) is 2.81. The number of likely N-dealkylation sites (tertiary alicyclic amines) is 1. The third-order valence-electron chi connectivity index (χ3n) is 4.08. The molecule has 3 N–H and O–H groups in total. The monoisotopic (exact) mass is 367 g/mol. The lowest BCUT2D eigenvalue weighted by atomic mass is 9.97. The van der Waals surface area contributed by atoms with E-state index >= 15 is 0 Å². The minimum Gasteiger partial charge on any atom is -0.352 e.